The lowest BCUT2D eigenvalue weighted by atomic mass is 10.1. The van der Waals surface area contributed by atoms with Crippen LogP contribution in [0.3, 0.4) is 0 Å². The number of aromatic nitrogens is 2. The minimum Gasteiger partial charge on any atom is -0.350 e. The number of carbonyl (C=O) groups is 1. The highest BCUT2D eigenvalue weighted by Gasteiger charge is 2.07. The van der Waals surface area contributed by atoms with Crippen molar-refractivity contribution in [2.75, 3.05) is 26.2 Å². The highest BCUT2D eigenvalue weighted by Crippen LogP contribution is 2.13. The fourth-order valence-corrected chi connectivity index (χ4v) is 2.65. The van der Waals surface area contributed by atoms with Crippen LogP contribution in [0.5, 0.6) is 0 Å². The molecule has 1 aromatic heterocycles. The van der Waals surface area contributed by atoms with Crippen LogP contribution in [-0.2, 0) is 11.3 Å². The van der Waals surface area contributed by atoms with Gasteiger partial charge in [0, 0.05) is 18.1 Å². The van der Waals surface area contributed by atoms with E-state index in [-0.39, 0.29) is 24.4 Å². The van der Waals surface area contributed by atoms with E-state index in [1.165, 1.54) is 15.6 Å². The van der Waals surface area contributed by atoms with Crippen LogP contribution in [0.15, 0.2) is 47.3 Å². The van der Waals surface area contributed by atoms with Crippen molar-refractivity contribution in [1.29, 1.82) is 0 Å². The maximum Gasteiger partial charge on any atom is 0.266 e. The number of hydrogen-bond donors (Lipinski definition) is 2. The summed E-state index contributed by atoms with van der Waals surface area (Å²) >= 11 is 0. The molecule has 0 bridgehead atoms. The maximum atomic E-state index is 12.0. The summed E-state index contributed by atoms with van der Waals surface area (Å²) in [5.41, 5.74) is 1.48. The Kier molecular flexibility index (Phi) is 7.35. The molecule has 0 saturated heterocycles. The van der Waals surface area contributed by atoms with Gasteiger partial charge in [0.15, 0.2) is 0 Å². The Labute approximate surface area is 148 Å². The smallest absolute Gasteiger partial charge is 0.266 e. The molecule has 0 spiro atoms. The van der Waals surface area contributed by atoms with Gasteiger partial charge in [0.25, 0.3) is 5.56 Å². The predicted molar refractivity (Wildman–Crippen MR) is 98.5 cm³/mol. The van der Waals surface area contributed by atoms with Crippen molar-refractivity contribution in [2.24, 2.45) is 0 Å². The van der Waals surface area contributed by atoms with E-state index in [2.05, 4.69) is 24.3 Å². The van der Waals surface area contributed by atoms with E-state index in [1.54, 1.807) is 6.07 Å². The average Bonchev–Trinajstić information content (AvgIpc) is 2.65. The molecule has 6 nitrogen and oxygen atoms in total. The second-order valence-corrected chi connectivity index (χ2v) is 5.95. The molecule has 0 atom stereocenters. The van der Waals surface area contributed by atoms with Crippen molar-refractivity contribution in [3.05, 3.63) is 52.8 Å². The predicted octanol–water partition coefficient (Wildman–Crippen LogP) is 0.341. The Bertz CT molecular complexity index is 724. The number of hydrogen-bond acceptors (Lipinski definition) is 3. The van der Waals surface area contributed by atoms with Crippen LogP contribution in [0.2, 0.25) is 0 Å². The Morgan fingerprint density at radius 2 is 1.84 bits per heavy atom. The van der Waals surface area contributed by atoms with Gasteiger partial charge in [0.2, 0.25) is 5.91 Å². The molecule has 0 aliphatic heterocycles. The molecular formula is C19H27N4O2+. The van der Waals surface area contributed by atoms with Gasteiger partial charge in [-0.15, -0.1) is 0 Å². The summed E-state index contributed by atoms with van der Waals surface area (Å²) in [6.45, 7) is 8.24. The number of rotatable bonds is 9. The van der Waals surface area contributed by atoms with Gasteiger partial charge in [-0.1, -0.05) is 30.3 Å². The fourth-order valence-electron chi connectivity index (χ4n) is 2.65. The minimum absolute atomic E-state index is 0.0506. The molecule has 0 saturated carbocycles. The highest BCUT2D eigenvalue weighted by molar-refractivity contribution is 5.75. The molecular weight excluding hydrogens is 316 g/mol. The Hall–Kier alpha value is -2.47. The van der Waals surface area contributed by atoms with Crippen LogP contribution >= 0.6 is 0 Å². The van der Waals surface area contributed by atoms with E-state index >= 15 is 0 Å². The van der Waals surface area contributed by atoms with Crippen molar-refractivity contribution in [3.63, 3.8) is 0 Å². The van der Waals surface area contributed by atoms with Crippen LogP contribution < -0.4 is 15.8 Å². The standard InChI is InChI=1S/C19H26N4O2/c1-3-22(4-2)15-13-20-18(24)12-14-23-19(25)11-10-17(21-23)16-8-6-5-7-9-16/h5-11H,3-4,12-15H2,1-2H3,(H,20,24)/p+1. The van der Waals surface area contributed by atoms with Gasteiger partial charge in [-0.3, -0.25) is 9.59 Å². The lowest BCUT2D eigenvalue weighted by Crippen LogP contribution is -3.12. The average molecular weight is 343 g/mol. The van der Waals surface area contributed by atoms with Gasteiger partial charge in [-0.05, 0) is 19.9 Å². The van der Waals surface area contributed by atoms with Gasteiger partial charge in [0.1, 0.15) is 0 Å². The van der Waals surface area contributed by atoms with E-state index in [9.17, 15) is 9.59 Å². The zero-order valence-corrected chi connectivity index (χ0v) is 15.0. The fraction of sp³-hybridized carbons (Fsp3) is 0.421. The second kappa shape index (κ2) is 9.74. The number of aryl methyl sites for hydroxylation is 1. The first-order valence-corrected chi connectivity index (χ1v) is 8.88. The van der Waals surface area contributed by atoms with Crippen molar-refractivity contribution < 1.29 is 9.69 Å². The number of amides is 1. The topological polar surface area (TPSA) is 68.4 Å². The first kappa shape index (κ1) is 18.9. The van der Waals surface area contributed by atoms with E-state index in [4.69, 9.17) is 0 Å². The summed E-state index contributed by atoms with van der Waals surface area (Å²) in [7, 11) is 0. The number of carbonyl (C=O) groups excluding carboxylic acids is 1. The number of quaternary nitrogens is 1. The van der Waals surface area contributed by atoms with Gasteiger partial charge >= 0.3 is 0 Å². The lowest BCUT2D eigenvalue weighted by Gasteiger charge is -2.15. The third kappa shape index (κ3) is 5.83. The second-order valence-electron chi connectivity index (χ2n) is 5.95. The van der Waals surface area contributed by atoms with Gasteiger partial charge in [0.05, 0.1) is 38.4 Å². The SMILES string of the molecule is CC[NH+](CC)CCNC(=O)CCn1nc(-c2ccccc2)ccc1=O. The summed E-state index contributed by atoms with van der Waals surface area (Å²) in [5.74, 6) is -0.0506. The van der Waals surface area contributed by atoms with E-state index in [1.807, 2.05) is 30.3 Å². The molecule has 25 heavy (non-hydrogen) atoms. The quantitative estimate of drug-likeness (QED) is 0.690. The van der Waals surface area contributed by atoms with Gasteiger partial charge in [-0.25, -0.2) is 4.68 Å². The molecule has 2 rings (SSSR count). The third-order valence-electron chi connectivity index (χ3n) is 4.29. The number of benzene rings is 1. The van der Waals surface area contributed by atoms with Crippen molar-refractivity contribution in [3.8, 4) is 11.3 Å². The molecule has 1 aromatic carbocycles. The Balaban J connectivity index is 1.90. The molecule has 0 unspecified atom stereocenters. The number of nitrogens with zero attached hydrogens (tertiary/aromatic N) is 2. The maximum absolute atomic E-state index is 12.0. The Morgan fingerprint density at radius 3 is 2.52 bits per heavy atom. The molecule has 0 aliphatic carbocycles. The summed E-state index contributed by atoms with van der Waals surface area (Å²) in [4.78, 5) is 25.4. The molecule has 1 heterocycles. The van der Waals surface area contributed by atoms with Crippen molar-refractivity contribution in [2.45, 2.75) is 26.8 Å². The summed E-state index contributed by atoms with van der Waals surface area (Å²) < 4.78 is 1.36. The van der Waals surface area contributed by atoms with Crippen LogP contribution in [0, 0.1) is 0 Å². The zero-order chi connectivity index (χ0) is 18.1. The van der Waals surface area contributed by atoms with E-state index < -0.39 is 0 Å². The van der Waals surface area contributed by atoms with Crippen LogP contribution in [-0.4, -0.2) is 41.9 Å². The summed E-state index contributed by atoms with van der Waals surface area (Å²) in [6, 6.07) is 12.9. The summed E-state index contributed by atoms with van der Waals surface area (Å²) in [5, 5.41) is 7.28. The molecule has 6 heteroatoms. The van der Waals surface area contributed by atoms with Gasteiger partial charge < -0.3 is 10.2 Å². The van der Waals surface area contributed by atoms with Crippen molar-refractivity contribution in [1.82, 2.24) is 15.1 Å². The number of likely N-dealkylation sites (N-methyl/N-ethyl adjacent to an activating group) is 1. The molecule has 134 valence electrons. The summed E-state index contributed by atoms with van der Waals surface area (Å²) in [6.07, 6.45) is 0.249. The largest absolute Gasteiger partial charge is 0.350 e. The zero-order valence-electron chi connectivity index (χ0n) is 15.0. The van der Waals surface area contributed by atoms with E-state index in [0.29, 0.717) is 6.54 Å². The molecule has 2 N–H and O–H groups in total. The first-order chi connectivity index (χ1) is 12.1. The van der Waals surface area contributed by atoms with Crippen LogP contribution in [0.25, 0.3) is 11.3 Å². The molecule has 1 amide bonds. The molecule has 0 aliphatic rings. The van der Waals surface area contributed by atoms with Crippen LogP contribution in [0.4, 0.5) is 0 Å². The van der Waals surface area contributed by atoms with Crippen LogP contribution in [0.1, 0.15) is 20.3 Å². The molecule has 0 radical (unpaired) electrons. The lowest BCUT2D eigenvalue weighted by molar-refractivity contribution is -0.895. The monoisotopic (exact) mass is 343 g/mol. The Morgan fingerprint density at radius 1 is 1.12 bits per heavy atom. The van der Waals surface area contributed by atoms with Crippen molar-refractivity contribution >= 4 is 5.91 Å². The van der Waals surface area contributed by atoms with Gasteiger partial charge in [-0.2, -0.15) is 5.10 Å². The minimum atomic E-state index is -0.194. The highest BCUT2D eigenvalue weighted by atomic mass is 16.2. The first-order valence-electron chi connectivity index (χ1n) is 8.88. The third-order valence-corrected chi connectivity index (χ3v) is 4.29. The normalized spacial score (nSPS) is 10.8. The molecule has 2 aromatic rings. The number of nitrogens with one attached hydrogen (secondary N) is 2. The van der Waals surface area contributed by atoms with E-state index in [0.717, 1.165) is 30.9 Å². The molecule has 0 fully saturated rings.